The van der Waals surface area contributed by atoms with Crippen LogP contribution in [0.5, 0.6) is 5.75 Å². The molecule has 216 valence electrons. The van der Waals surface area contributed by atoms with Crippen molar-refractivity contribution in [1.29, 1.82) is 0 Å². The minimum Gasteiger partial charge on any atom is -0.489 e. The van der Waals surface area contributed by atoms with Gasteiger partial charge in [-0.25, -0.2) is 16.8 Å². The molecule has 0 spiro atoms. The summed E-state index contributed by atoms with van der Waals surface area (Å²) in [6, 6.07) is 21.0. The van der Waals surface area contributed by atoms with Crippen LogP contribution in [0.2, 0.25) is 5.02 Å². The Kier molecular flexibility index (Phi) is 7.41. The van der Waals surface area contributed by atoms with Crippen molar-refractivity contribution >= 4 is 37.2 Å². The van der Waals surface area contributed by atoms with Gasteiger partial charge in [-0.2, -0.15) is 0 Å². The molecule has 3 aromatic rings. The summed E-state index contributed by atoms with van der Waals surface area (Å²) >= 11 is 6.29. The van der Waals surface area contributed by atoms with E-state index in [2.05, 4.69) is 0 Å². The van der Waals surface area contributed by atoms with Crippen LogP contribution in [0.1, 0.15) is 42.4 Å². The van der Waals surface area contributed by atoms with E-state index in [0.717, 1.165) is 11.1 Å². The van der Waals surface area contributed by atoms with E-state index in [1.54, 1.807) is 41.3 Å². The van der Waals surface area contributed by atoms with Gasteiger partial charge in [-0.15, -0.1) is 0 Å². The van der Waals surface area contributed by atoms with Gasteiger partial charge in [0.05, 0.1) is 22.4 Å². The van der Waals surface area contributed by atoms with E-state index < -0.39 is 36.4 Å². The molecule has 1 amide bonds. The summed E-state index contributed by atoms with van der Waals surface area (Å²) in [5, 5.41) is 0.618. The highest BCUT2D eigenvalue weighted by Crippen LogP contribution is 2.53. The Morgan fingerprint density at radius 3 is 2.41 bits per heavy atom. The van der Waals surface area contributed by atoms with Crippen molar-refractivity contribution in [2.24, 2.45) is 5.92 Å². The summed E-state index contributed by atoms with van der Waals surface area (Å²) in [6.07, 6.45) is 1.93. The largest absolute Gasteiger partial charge is 0.489 e. The van der Waals surface area contributed by atoms with Crippen molar-refractivity contribution < 1.29 is 26.4 Å². The summed E-state index contributed by atoms with van der Waals surface area (Å²) in [5.41, 5.74) is 2.47. The fourth-order valence-electron chi connectivity index (χ4n) is 6.82. The summed E-state index contributed by atoms with van der Waals surface area (Å²) in [7, 11) is -7.03. The summed E-state index contributed by atoms with van der Waals surface area (Å²) in [4.78, 5) is 15.8. The number of sulfone groups is 2. The van der Waals surface area contributed by atoms with E-state index in [-0.39, 0.29) is 48.2 Å². The minimum absolute atomic E-state index is 0.00479. The number of hydrogen-bond donors (Lipinski definition) is 0. The Morgan fingerprint density at radius 1 is 0.976 bits per heavy atom. The first-order valence-corrected chi connectivity index (χ1v) is 17.6. The Labute approximate surface area is 246 Å². The number of carbonyl (C=O) groups excluding carboxylic acids is 1. The molecule has 2 fully saturated rings. The highest BCUT2D eigenvalue weighted by Gasteiger charge is 2.61. The number of hydrogen-bond acceptors (Lipinski definition) is 6. The second kappa shape index (κ2) is 10.7. The lowest BCUT2D eigenvalue weighted by Crippen LogP contribution is -2.53. The molecule has 0 unspecified atom stereocenters. The number of carbonyl (C=O) groups is 1. The van der Waals surface area contributed by atoms with Gasteiger partial charge in [0.2, 0.25) is 5.91 Å². The summed E-state index contributed by atoms with van der Waals surface area (Å²) < 4.78 is 57.9. The van der Waals surface area contributed by atoms with Crippen molar-refractivity contribution in [3.8, 4) is 5.75 Å². The maximum atomic E-state index is 14.6. The molecule has 2 saturated heterocycles. The molecule has 0 bridgehead atoms. The first-order chi connectivity index (χ1) is 19.6. The fraction of sp³-hybridized carbons (Fsp3) is 0.387. The average molecular weight is 614 g/mol. The number of likely N-dealkylation sites (tertiary alicyclic amines) is 1. The van der Waals surface area contributed by atoms with Gasteiger partial charge in [0, 0.05) is 23.0 Å². The standard InChI is InChI=1S/C31H32ClNO6S2/c32-28-9-5-4-6-24(28)21-39-25-11-12-27-23(20-25)10-13-29-31(27,41(37,38)26-7-2-1-3-8-26)16-17-33(29)30(34)22-14-18-40(35,36)19-15-22/h1-9,11-12,20,22,29H,10,13-19,21H2/t29-,31-/m1/s1. The number of nitrogens with zero attached hydrogens (tertiary/aromatic N) is 1. The molecule has 6 rings (SSSR count). The lowest BCUT2D eigenvalue weighted by Gasteiger charge is -2.43. The third kappa shape index (κ3) is 4.96. The molecular weight excluding hydrogens is 582 g/mol. The monoisotopic (exact) mass is 613 g/mol. The van der Waals surface area contributed by atoms with Crippen LogP contribution in [0.3, 0.4) is 0 Å². The summed E-state index contributed by atoms with van der Waals surface area (Å²) in [5.74, 6) is 0.0855. The molecule has 2 atom stereocenters. The van der Waals surface area contributed by atoms with E-state index in [9.17, 15) is 21.6 Å². The molecule has 7 nitrogen and oxygen atoms in total. The topological polar surface area (TPSA) is 97.8 Å². The average Bonchev–Trinajstić information content (AvgIpc) is 3.38. The molecule has 10 heteroatoms. The molecule has 3 aliphatic rings. The number of rotatable bonds is 6. The second-order valence-electron chi connectivity index (χ2n) is 11.2. The number of fused-ring (bicyclic) bond motifs is 3. The van der Waals surface area contributed by atoms with Crippen LogP contribution in [-0.4, -0.2) is 51.7 Å². The van der Waals surface area contributed by atoms with Crippen LogP contribution in [0, 0.1) is 5.92 Å². The van der Waals surface area contributed by atoms with Gasteiger partial charge in [0.15, 0.2) is 9.84 Å². The zero-order valence-electron chi connectivity index (χ0n) is 22.5. The van der Waals surface area contributed by atoms with E-state index in [1.807, 2.05) is 36.4 Å². The fourth-order valence-corrected chi connectivity index (χ4v) is 10.9. The number of benzene rings is 3. The summed E-state index contributed by atoms with van der Waals surface area (Å²) in [6.45, 7) is 0.594. The molecule has 0 aromatic heterocycles. The van der Waals surface area contributed by atoms with Crippen LogP contribution >= 0.6 is 11.6 Å². The Balaban J connectivity index is 1.36. The third-order valence-electron chi connectivity index (χ3n) is 8.93. The molecule has 0 N–H and O–H groups in total. The van der Waals surface area contributed by atoms with Gasteiger partial charge in [-0.1, -0.05) is 54.1 Å². The van der Waals surface area contributed by atoms with E-state index >= 15 is 0 Å². The van der Waals surface area contributed by atoms with Crippen LogP contribution in [0.25, 0.3) is 0 Å². The normalized spacial score (nSPS) is 23.9. The van der Waals surface area contributed by atoms with Gasteiger partial charge in [-0.05, 0) is 73.6 Å². The van der Waals surface area contributed by atoms with Gasteiger partial charge >= 0.3 is 0 Å². The Bertz CT molecular complexity index is 1680. The SMILES string of the molecule is O=C(C1CCS(=O)(=O)CC1)N1CC[C@@]2(S(=O)(=O)c3ccccc3)c3ccc(OCc4ccccc4Cl)cc3CC[C@@H]12. The second-order valence-corrected chi connectivity index (χ2v) is 16.1. The third-order valence-corrected chi connectivity index (χ3v) is 13.6. The molecule has 0 saturated carbocycles. The van der Waals surface area contributed by atoms with Gasteiger partial charge in [0.1, 0.15) is 26.9 Å². The first-order valence-electron chi connectivity index (χ1n) is 13.9. The zero-order chi connectivity index (χ0) is 28.8. The Hall–Kier alpha value is -2.88. The van der Waals surface area contributed by atoms with Crippen molar-refractivity contribution in [2.75, 3.05) is 18.1 Å². The van der Waals surface area contributed by atoms with Crippen molar-refractivity contribution in [2.45, 2.75) is 54.4 Å². The van der Waals surface area contributed by atoms with Crippen LogP contribution in [-0.2, 0) is 42.2 Å². The molecule has 2 aliphatic heterocycles. The highest BCUT2D eigenvalue weighted by atomic mass is 35.5. The van der Waals surface area contributed by atoms with Gasteiger partial charge in [-0.3, -0.25) is 4.79 Å². The molecule has 1 aliphatic carbocycles. The van der Waals surface area contributed by atoms with Crippen LogP contribution < -0.4 is 4.74 Å². The predicted molar refractivity (Wildman–Crippen MR) is 157 cm³/mol. The maximum absolute atomic E-state index is 14.6. The first kappa shape index (κ1) is 28.2. The zero-order valence-corrected chi connectivity index (χ0v) is 24.9. The van der Waals surface area contributed by atoms with Crippen molar-refractivity contribution in [3.63, 3.8) is 0 Å². The van der Waals surface area contributed by atoms with Crippen molar-refractivity contribution in [3.05, 3.63) is 94.5 Å². The van der Waals surface area contributed by atoms with E-state index in [1.165, 1.54) is 0 Å². The Morgan fingerprint density at radius 2 is 1.68 bits per heavy atom. The van der Waals surface area contributed by atoms with Gasteiger partial charge < -0.3 is 9.64 Å². The molecular formula is C31H32ClNO6S2. The van der Waals surface area contributed by atoms with Gasteiger partial charge in [0.25, 0.3) is 0 Å². The smallest absolute Gasteiger partial charge is 0.226 e. The number of halogens is 1. The lowest BCUT2D eigenvalue weighted by atomic mass is 9.78. The van der Waals surface area contributed by atoms with E-state index in [4.69, 9.17) is 16.3 Å². The lowest BCUT2D eigenvalue weighted by molar-refractivity contribution is -0.137. The molecule has 3 aromatic carbocycles. The molecule has 41 heavy (non-hydrogen) atoms. The highest BCUT2D eigenvalue weighted by molar-refractivity contribution is 7.92. The number of aryl methyl sites for hydroxylation is 1. The quantitative estimate of drug-likeness (QED) is 0.390. The number of amides is 1. The number of ether oxygens (including phenoxy) is 1. The van der Waals surface area contributed by atoms with Crippen molar-refractivity contribution in [1.82, 2.24) is 4.90 Å². The van der Waals surface area contributed by atoms with Crippen LogP contribution in [0.15, 0.2) is 77.7 Å². The minimum atomic E-state index is -3.91. The molecule has 0 radical (unpaired) electrons. The van der Waals surface area contributed by atoms with Crippen LogP contribution in [0.4, 0.5) is 0 Å². The predicted octanol–water partition coefficient (Wildman–Crippen LogP) is 4.96. The van der Waals surface area contributed by atoms with E-state index in [0.29, 0.717) is 35.7 Å². The maximum Gasteiger partial charge on any atom is 0.226 e. The molecule has 2 heterocycles.